The van der Waals surface area contributed by atoms with Gasteiger partial charge in [-0.05, 0) is 18.1 Å². The lowest BCUT2D eigenvalue weighted by molar-refractivity contribution is 0.0925. The first kappa shape index (κ1) is 15.0. The zero-order chi connectivity index (χ0) is 13.7. The lowest BCUT2D eigenvalue weighted by Gasteiger charge is -2.12. The number of methoxy groups -OCH3 is 1. The van der Waals surface area contributed by atoms with E-state index in [9.17, 15) is 13.6 Å². The lowest BCUT2D eigenvalue weighted by Crippen LogP contribution is -2.31. The summed E-state index contributed by atoms with van der Waals surface area (Å²) in [6.45, 7) is 2.62. The molecule has 0 bridgehead atoms. The van der Waals surface area contributed by atoms with Gasteiger partial charge in [-0.15, -0.1) is 0 Å². The largest absolute Gasteiger partial charge is 0.384 e. The van der Waals surface area contributed by atoms with E-state index in [0.29, 0.717) is 13.2 Å². The summed E-state index contributed by atoms with van der Waals surface area (Å²) in [5.74, 6) is -2.47. The molecule has 0 aliphatic rings. The van der Waals surface area contributed by atoms with Crippen molar-refractivity contribution < 1.29 is 18.3 Å². The second-order valence-electron chi connectivity index (χ2n) is 4.01. The molecule has 1 atom stereocenters. The Hall–Kier alpha value is -1.01. The second-order valence-corrected chi connectivity index (χ2v) is 4.93. The lowest BCUT2D eigenvalue weighted by atomic mass is 10.1. The van der Waals surface area contributed by atoms with Crippen LogP contribution in [0.3, 0.4) is 0 Å². The Labute approximate surface area is 113 Å². The van der Waals surface area contributed by atoms with Crippen LogP contribution in [-0.4, -0.2) is 26.2 Å². The molecular weight excluding hydrogens is 308 g/mol. The Morgan fingerprint density at radius 3 is 2.50 bits per heavy atom. The van der Waals surface area contributed by atoms with Crippen molar-refractivity contribution >= 4 is 21.8 Å². The molecule has 0 saturated heterocycles. The minimum Gasteiger partial charge on any atom is -0.384 e. The van der Waals surface area contributed by atoms with Crippen LogP contribution in [0.2, 0.25) is 0 Å². The molecule has 1 aromatic rings. The first-order chi connectivity index (χ1) is 8.45. The minimum absolute atomic E-state index is 0.0699. The van der Waals surface area contributed by atoms with E-state index >= 15 is 0 Å². The smallest absolute Gasteiger partial charge is 0.257 e. The average molecular weight is 322 g/mol. The standard InChI is InChI=1S/C12H14BrF2NO2/c1-7(6-18-2)5-16-12(17)11-9(14)3-8(13)4-10(11)15/h3-4,7H,5-6H2,1-2H3,(H,16,17). The maximum atomic E-state index is 13.5. The van der Waals surface area contributed by atoms with Crippen LogP contribution in [-0.2, 0) is 4.74 Å². The van der Waals surface area contributed by atoms with Crippen LogP contribution in [0.15, 0.2) is 16.6 Å². The first-order valence-electron chi connectivity index (χ1n) is 5.37. The highest BCUT2D eigenvalue weighted by Crippen LogP contribution is 2.19. The number of carbonyl (C=O) groups is 1. The zero-order valence-corrected chi connectivity index (χ0v) is 11.7. The Kier molecular flexibility index (Phi) is 5.68. The molecular formula is C12H14BrF2NO2. The van der Waals surface area contributed by atoms with Crippen molar-refractivity contribution in [3.05, 3.63) is 33.8 Å². The van der Waals surface area contributed by atoms with Crippen molar-refractivity contribution in [3.63, 3.8) is 0 Å². The number of hydrogen-bond donors (Lipinski definition) is 1. The van der Waals surface area contributed by atoms with Crippen molar-refractivity contribution in [2.75, 3.05) is 20.3 Å². The Morgan fingerprint density at radius 2 is 2.00 bits per heavy atom. The van der Waals surface area contributed by atoms with E-state index in [1.54, 1.807) is 7.11 Å². The highest BCUT2D eigenvalue weighted by Gasteiger charge is 2.18. The highest BCUT2D eigenvalue weighted by molar-refractivity contribution is 9.10. The number of halogens is 3. The molecule has 3 nitrogen and oxygen atoms in total. The van der Waals surface area contributed by atoms with Gasteiger partial charge in [0.15, 0.2) is 0 Å². The molecule has 18 heavy (non-hydrogen) atoms. The van der Waals surface area contributed by atoms with Gasteiger partial charge in [0.05, 0.1) is 6.61 Å². The van der Waals surface area contributed by atoms with E-state index in [4.69, 9.17) is 4.74 Å². The van der Waals surface area contributed by atoms with Gasteiger partial charge in [0, 0.05) is 18.1 Å². The van der Waals surface area contributed by atoms with Gasteiger partial charge in [-0.1, -0.05) is 22.9 Å². The molecule has 0 saturated carbocycles. The summed E-state index contributed by atoms with van der Waals surface area (Å²) in [5, 5.41) is 2.47. The molecule has 0 aromatic heterocycles. The maximum absolute atomic E-state index is 13.5. The predicted molar refractivity (Wildman–Crippen MR) is 67.4 cm³/mol. The monoisotopic (exact) mass is 321 g/mol. The summed E-state index contributed by atoms with van der Waals surface area (Å²) in [4.78, 5) is 11.7. The Bertz CT molecular complexity index is 417. The Morgan fingerprint density at radius 1 is 1.44 bits per heavy atom. The molecule has 1 N–H and O–H groups in total. The molecule has 6 heteroatoms. The number of hydrogen-bond acceptors (Lipinski definition) is 2. The molecule has 1 aromatic carbocycles. The zero-order valence-electron chi connectivity index (χ0n) is 10.1. The third-order valence-corrected chi connectivity index (χ3v) is 2.75. The number of carbonyl (C=O) groups excluding carboxylic acids is 1. The number of ether oxygens (including phenoxy) is 1. The molecule has 1 rings (SSSR count). The summed E-state index contributed by atoms with van der Waals surface area (Å²) >= 11 is 2.95. The quantitative estimate of drug-likeness (QED) is 0.905. The molecule has 0 heterocycles. The van der Waals surface area contributed by atoms with Gasteiger partial charge in [0.2, 0.25) is 0 Å². The van der Waals surface area contributed by atoms with Crippen molar-refractivity contribution in [2.45, 2.75) is 6.92 Å². The fourth-order valence-electron chi connectivity index (χ4n) is 1.46. The molecule has 1 unspecified atom stereocenters. The maximum Gasteiger partial charge on any atom is 0.257 e. The Balaban J connectivity index is 2.73. The van der Waals surface area contributed by atoms with Crippen LogP contribution in [0.5, 0.6) is 0 Å². The van der Waals surface area contributed by atoms with Crippen molar-refractivity contribution in [1.82, 2.24) is 5.32 Å². The topological polar surface area (TPSA) is 38.3 Å². The van der Waals surface area contributed by atoms with Crippen LogP contribution in [0.4, 0.5) is 8.78 Å². The SMILES string of the molecule is COCC(C)CNC(=O)c1c(F)cc(Br)cc1F. The molecule has 0 radical (unpaired) electrons. The van der Waals surface area contributed by atoms with Gasteiger partial charge in [-0.3, -0.25) is 4.79 Å². The number of benzene rings is 1. The van der Waals surface area contributed by atoms with Crippen LogP contribution < -0.4 is 5.32 Å². The van der Waals surface area contributed by atoms with E-state index in [0.717, 1.165) is 12.1 Å². The summed E-state index contributed by atoms with van der Waals surface area (Å²) in [6.07, 6.45) is 0. The minimum atomic E-state index is -0.890. The van der Waals surface area contributed by atoms with Crippen LogP contribution in [0.25, 0.3) is 0 Å². The summed E-state index contributed by atoms with van der Waals surface area (Å²) in [7, 11) is 1.55. The second kappa shape index (κ2) is 6.80. The molecule has 0 aliphatic carbocycles. The fraction of sp³-hybridized carbons (Fsp3) is 0.417. The van der Waals surface area contributed by atoms with Crippen molar-refractivity contribution in [1.29, 1.82) is 0 Å². The van der Waals surface area contributed by atoms with Gasteiger partial charge < -0.3 is 10.1 Å². The summed E-state index contributed by atoms with van der Waals surface area (Å²) in [5.41, 5.74) is -0.567. The van der Waals surface area contributed by atoms with Gasteiger partial charge in [0.1, 0.15) is 17.2 Å². The van der Waals surface area contributed by atoms with Crippen molar-refractivity contribution in [2.24, 2.45) is 5.92 Å². The average Bonchev–Trinajstić information content (AvgIpc) is 2.25. The molecule has 0 aliphatic heterocycles. The van der Waals surface area contributed by atoms with Crippen LogP contribution >= 0.6 is 15.9 Å². The molecule has 100 valence electrons. The normalized spacial score (nSPS) is 12.3. The fourth-order valence-corrected chi connectivity index (χ4v) is 1.86. The van der Waals surface area contributed by atoms with Gasteiger partial charge in [0.25, 0.3) is 5.91 Å². The van der Waals surface area contributed by atoms with E-state index in [2.05, 4.69) is 21.2 Å². The predicted octanol–water partition coefficient (Wildman–Crippen LogP) is 2.74. The molecule has 0 fully saturated rings. The van der Waals surface area contributed by atoms with Gasteiger partial charge in [-0.25, -0.2) is 8.78 Å². The van der Waals surface area contributed by atoms with Gasteiger partial charge >= 0.3 is 0 Å². The van der Waals surface area contributed by atoms with E-state index < -0.39 is 23.1 Å². The summed E-state index contributed by atoms with van der Waals surface area (Å²) in [6, 6.07) is 2.10. The number of rotatable bonds is 5. The first-order valence-corrected chi connectivity index (χ1v) is 6.16. The van der Waals surface area contributed by atoms with E-state index in [1.165, 1.54) is 0 Å². The summed E-state index contributed by atoms with van der Waals surface area (Å²) < 4.78 is 32.1. The third kappa shape index (κ3) is 4.03. The number of amides is 1. The van der Waals surface area contributed by atoms with Gasteiger partial charge in [-0.2, -0.15) is 0 Å². The molecule has 0 spiro atoms. The van der Waals surface area contributed by atoms with Crippen LogP contribution in [0.1, 0.15) is 17.3 Å². The third-order valence-electron chi connectivity index (χ3n) is 2.30. The van der Waals surface area contributed by atoms with Crippen LogP contribution in [0, 0.1) is 17.6 Å². The van der Waals surface area contributed by atoms with E-state index in [1.807, 2.05) is 6.92 Å². The highest BCUT2D eigenvalue weighted by atomic mass is 79.9. The molecule has 1 amide bonds. The number of nitrogens with one attached hydrogen (secondary N) is 1. The van der Waals surface area contributed by atoms with E-state index in [-0.39, 0.29) is 10.4 Å². The van der Waals surface area contributed by atoms with Crippen molar-refractivity contribution in [3.8, 4) is 0 Å².